The lowest BCUT2D eigenvalue weighted by Gasteiger charge is -2.05. The van der Waals surface area contributed by atoms with Crippen LogP contribution in [0.5, 0.6) is 0 Å². The second kappa shape index (κ2) is 8.45. The van der Waals surface area contributed by atoms with Crippen LogP contribution in [0.15, 0.2) is 42.5 Å². The maximum absolute atomic E-state index is 13.0. The average molecular weight is 250 g/mol. The lowest BCUT2D eigenvalue weighted by Crippen LogP contribution is -2.10. The van der Waals surface area contributed by atoms with Gasteiger partial charge < -0.3 is 4.74 Å². The van der Waals surface area contributed by atoms with Crippen LogP contribution in [0, 0.1) is 0 Å². The highest BCUT2D eigenvalue weighted by atomic mass is 19.1. The lowest BCUT2D eigenvalue weighted by atomic mass is 10.1. The molecule has 0 saturated carbocycles. The van der Waals surface area contributed by atoms with Gasteiger partial charge in [-0.15, -0.1) is 0 Å². The van der Waals surface area contributed by atoms with Crippen molar-refractivity contribution < 1.29 is 13.9 Å². The summed E-state index contributed by atoms with van der Waals surface area (Å²) in [6, 6.07) is 9.99. The molecule has 0 aliphatic heterocycles. The van der Waals surface area contributed by atoms with Crippen molar-refractivity contribution in [1.82, 2.24) is 0 Å². The Balaban J connectivity index is 2.22. The van der Waals surface area contributed by atoms with Gasteiger partial charge in [-0.3, -0.25) is 0 Å². The number of hydrogen-bond donors (Lipinski definition) is 0. The van der Waals surface area contributed by atoms with Crippen molar-refractivity contribution in [2.75, 3.05) is 0 Å². The van der Waals surface area contributed by atoms with Gasteiger partial charge in [-0.25, -0.2) is 9.18 Å². The molecule has 0 aliphatic carbocycles. The van der Waals surface area contributed by atoms with Crippen LogP contribution in [0.25, 0.3) is 0 Å². The van der Waals surface area contributed by atoms with Gasteiger partial charge in [-0.05, 0) is 24.8 Å². The number of hydrogen-bond acceptors (Lipinski definition) is 2. The Morgan fingerprint density at radius 3 is 2.78 bits per heavy atom. The van der Waals surface area contributed by atoms with E-state index in [1.807, 2.05) is 37.3 Å². The zero-order valence-electron chi connectivity index (χ0n) is 10.6. The predicted molar refractivity (Wildman–Crippen MR) is 69.8 cm³/mol. The summed E-state index contributed by atoms with van der Waals surface area (Å²) in [5, 5.41) is 0. The smallest absolute Gasteiger partial charge is 0.332 e. The van der Waals surface area contributed by atoms with Gasteiger partial charge in [0.2, 0.25) is 6.36 Å². The summed E-state index contributed by atoms with van der Waals surface area (Å²) in [4.78, 5) is 11.2. The SMILES string of the molecule is CCCC(F)OC(=O)C=CCCc1ccccc1. The molecule has 1 aromatic carbocycles. The first-order chi connectivity index (χ1) is 8.72. The van der Waals surface area contributed by atoms with Crippen LogP contribution in [0.4, 0.5) is 4.39 Å². The minimum absolute atomic E-state index is 0.254. The van der Waals surface area contributed by atoms with E-state index in [0.29, 0.717) is 6.42 Å². The van der Waals surface area contributed by atoms with Crippen molar-refractivity contribution in [2.24, 2.45) is 0 Å². The zero-order valence-corrected chi connectivity index (χ0v) is 10.6. The molecule has 1 unspecified atom stereocenters. The third-order valence-electron chi connectivity index (χ3n) is 2.46. The third-order valence-corrected chi connectivity index (χ3v) is 2.46. The first-order valence-corrected chi connectivity index (χ1v) is 6.27. The third kappa shape index (κ3) is 6.18. The minimum atomic E-state index is -1.48. The highest BCUT2D eigenvalue weighted by Gasteiger charge is 2.08. The molecule has 0 saturated heterocycles. The van der Waals surface area contributed by atoms with Crippen molar-refractivity contribution in [3.8, 4) is 0 Å². The van der Waals surface area contributed by atoms with E-state index in [1.165, 1.54) is 11.6 Å². The Morgan fingerprint density at radius 1 is 1.39 bits per heavy atom. The predicted octanol–water partition coefficient (Wildman–Crippen LogP) is 3.81. The monoisotopic (exact) mass is 250 g/mol. The molecule has 0 aromatic heterocycles. The van der Waals surface area contributed by atoms with Crippen LogP contribution >= 0.6 is 0 Å². The number of aryl methyl sites for hydroxylation is 1. The average Bonchev–Trinajstić information content (AvgIpc) is 2.36. The molecular weight excluding hydrogens is 231 g/mol. The van der Waals surface area contributed by atoms with Crippen LogP contribution in [0.2, 0.25) is 0 Å². The second-order valence-electron chi connectivity index (χ2n) is 4.06. The molecule has 1 rings (SSSR count). The Morgan fingerprint density at radius 2 is 2.11 bits per heavy atom. The molecule has 98 valence electrons. The van der Waals surface area contributed by atoms with Gasteiger partial charge in [0.15, 0.2) is 0 Å². The van der Waals surface area contributed by atoms with Gasteiger partial charge in [0.1, 0.15) is 0 Å². The fraction of sp³-hybridized carbons (Fsp3) is 0.400. The topological polar surface area (TPSA) is 26.3 Å². The molecule has 0 radical (unpaired) electrons. The van der Waals surface area contributed by atoms with E-state index in [4.69, 9.17) is 0 Å². The Hall–Kier alpha value is -1.64. The number of esters is 1. The highest BCUT2D eigenvalue weighted by Crippen LogP contribution is 2.05. The van der Waals surface area contributed by atoms with Crippen LogP contribution in [0.3, 0.4) is 0 Å². The zero-order chi connectivity index (χ0) is 13.2. The van der Waals surface area contributed by atoms with Crippen molar-refractivity contribution in [3.63, 3.8) is 0 Å². The molecular formula is C15H19FO2. The van der Waals surface area contributed by atoms with E-state index in [1.54, 1.807) is 6.08 Å². The molecule has 0 N–H and O–H groups in total. The minimum Gasteiger partial charge on any atom is -0.428 e. The molecule has 3 heteroatoms. The van der Waals surface area contributed by atoms with Gasteiger partial charge in [-0.2, -0.15) is 0 Å². The van der Waals surface area contributed by atoms with E-state index >= 15 is 0 Å². The molecule has 0 amide bonds. The number of carbonyl (C=O) groups excluding carboxylic acids is 1. The summed E-state index contributed by atoms with van der Waals surface area (Å²) < 4.78 is 17.5. The quantitative estimate of drug-likeness (QED) is 0.543. The molecule has 0 heterocycles. The molecule has 0 fully saturated rings. The molecule has 18 heavy (non-hydrogen) atoms. The summed E-state index contributed by atoms with van der Waals surface area (Å²) >= 11 is 0. The number of benzene rings is 1. The molecule has 2 nitrogen and oxygen atoms in total. The Kier molecular flexibility index (Phi) is 6.77. The highest BCUT2D eigenvalue weighted by molar-refractivity contribution is 5.81. The van der Waals surface area contributed by atoms with E-state index in [0.717, 1.165) is 12.8 Å². The van der Waals surface area contributed by atoms with Gasteiger partial charge in [-0.1, -0.05) is 43.3 Å². The van der Waals surface area contributed by atoms with Crippen molar-refractivity contribution in [2.45, 2.75) is 39.0 Å². The van der Waals surface area contributed by atoms with Crippen molar-refractivity contribution in [3.05, 3.63) is 48.0 Å². The van der Waals surface area contributed by atoms with Gasteiger partial charge >= 0.3 is 5.97 Å². The first kappa shape index (κ1) is 14.4. The van der Waals surface area contributed by atoms with E-state index < -0.39 is 12.3 Å². The summed E-state index contributed by atoms with van der Waals surface area (Å²) in [5.74, 6) is -0.607. The summed E-state index contributed by atoms with van der Waals surface area (Å²) in [6.45, 7) is 1.84. The van der Waals surface area contributed by atoms with Crippen molar-refractivity contribution in [1.29, 1.82) is 0 Å². The summed E-state index contributed by atoms with van der Waals surface area (Å²) in [6.07, 6.45) is 4.04. The fourth-order valence-electron chi connectivity index (χ4n) is 1.53. The maximum atomic E-state index is 13.0. The van der Waals surface area contributed by atoms with Crippen molar-refractivity contribution >= 4 is 5.97 Å². The number of rotatable bonds is 7. The normalized spacial score (nSPS) is 12.6. The van der Waals surface area contributed by atoms with E-state index in [2.05, 4.69) is 4.74 Å². The molecule has 1 aromatic rings. The van der Waals surface area contributed by atoms with Crippen LogP contribution < -0.4 is 0 Å². The summed E-state index contributed by atoms with van der Waals surface area (Å²) in [5.41, 5.74) is 1.21. The number of halogens is 1. The number of allylic oxidation sites excluding steroid dienone is 1. The molecule has 1 atom stereocenters. The fourth-order valence-corrected chi connectivity index (χ4v) is 1.53. The summed E-state index contributed by atoms with van der Waals surface area (Å²) in [7, 11) is 0. The van der Waals surface area contributed by atoms with Gasteiger partial charge in [0, 0.05) is 12.5 Å². The second-order valence-corrected chi connectivity index (χ2v) is 4.06. The van der Waals surface area contributed by atoms with Crippen LogP contribution in [-0.2, 0) is 16.0 Å². The number of alkyl halides is 1. The van der Waals surface area contributed by atoms with Gasteiger partial charge in [0.05, 0.1) is 0 Å². The maximum Gasteiger partial charge on any atom is 0.332 e. The first-order valence-electron chi connectivity index (χ1n) is 6.27. The molecule has 0 spiro atoms. The lowest BCUT2D eigenvalue weighted by molar-refractivity contribution is -0.152. The number of ether oxygens (including phenoxy) is 1. The van der Waals surface area contributed by atoms with Gasteiger partial charge in [0.25, 0.3) is 0 Å². The number of carbonyl (C=O) groups is 1. The van der Waals surface area contributed by atoms with Crippen LogP contribution in [-0.4, -0.2) is 12.3 Å². The molecule has 0 aliphatic rings. The van der Waals surface area contributed by atoms with E-state index in [9.17, 15) is 9.18 Å². The Bertz CT molecular complexity index is 373. The Labute approximate surface area is 107 Å². The largest absolute Gasteiger partial charge is 0.428 e. The standard InChI is InChI=1S/C15H19FO2/c1-2-8-14(16)18-15(17)12-7-6-11-13-9-4-3-5-10-13/h3-5,7,9-10,12,14H,2,6,8,11H2,1H3. The van der Waals surface area contributed by atoms with E-state index in [-0.39, 0.29) is 6.42 Å². The van der Waals surface area contributed by atoms with Crippen LogP contribution in [0.1, 0.15) is 31.7 Å². The molecule has 0 bridgehead atoms.